The molecule has 1 aromatic carbocycles. The average Bonchev–Trinajstić information content (AvgIpc) is 3.30. The van der Waals surface area contributed by atoms with Crippen molar-refractivity contribution in [1.29, 1.82) is 0 Å². The number of likely N-dealkylation sites (tertiary alicyclic amines) is 1. The van der Waals surface area contributed by atoms with Gasteiger partial charge in [0, 0.05) is 39.7 Å². The van der Waals surface area contributed by atoms with Crippen molar-refractivity contribution in [3.8, 4) is 0 Å². The Morgan fingerprint density at radius 1 is 1.35 bits per heavy atom. The first-order valence-electron chi connectivity index (χ1n) is 8.79. The first kappa shape index (κ1) is 18.6. The fraction of sp³-hybridized carbons (Fsp3) is 0.474. The number of H-pyrrole nitrogens is 1. The highest BCUT2D eigenvalue weighted by molar-refractivity contribution is 5.78. The zero-order chi connectivity index (χ0) is 18.4. The highest BCUT2D eigenvalue weighted by Gasteiger charge is 2.35. The van der Waals surface area contributed by atoms with Gasteiger partial charge in [0.2, 0.25) is 5.91 Å². The molecule has 0 spiro atoms. The predicted octanol–water partition coefficient (Wildman–Crippen LogP) is 1.63. The van der Waals surface area contributed by atoms with E-state index in [-0.39, 0.29) is 18.1 Å². The Balaban J connectivity index is 1.58. The fourth-order valence-corrected chi connectivity index (χ4v) is 3.41. The number of aromatic amines is 1. The van der Waals surface area contributed by atoms with Crippen LogP contribution < -0.4 is 5.32 Å². The Labute approximate surface area is 153 Å². The summed E-state index contributed by atoms with van der Waals surface area (Å²) in [6.07, 6.45) is 4.48. The molecule has 140 valence electrons. The van der Waals surface area contributed by atoms with E-state index in [1.54, 1.807) is 26.6 Å². The van der Waals surface area contributed by atoms with Gasteiger partial charge >= 0.3 is 0 Å². The predicted molar refractivity (Wildman–Crippen MR) is 97.3 cm³/mol. The van der Waals surface area contributed by atoms with Crippen LogP contribution in [0.5, 0.6) is 0 Å². The van der Waals surface area contributed by atoms with Crippen LogP contribution in [-0.4, -0.2) is 54.2 Å². The molecule has 1 amide bonds. The molecule has 1 fully saturated rings. The van der Waals surface area contributed by atoms with Crippen LogP contribution in [0.1, 0.15) is 29.4 Å². The van der Waals surface area contributed by atoms with Crippen LogP contribution in [0.4, 0.5) is 0 Å². The van der Waals surface area contributed by atoms with E-state index in [1.165, 1.54) is 0 Å². The molecule has 26 heavy (non-hydrogen) atoms. The number of ether oxygens (including phenoxy) is 2. The van der Waals surface area contributed by atoms with Crippen LogP contribution in [0.15, 0.2) is 36.7 Å². The van der Waals surface area contributed by atoms with Gasteiger partial charge in [0.25, 0.3) is 0 Å². The quantitative estimate of drug-likeness (QED) is 0.750. The molecule has 7 heteroatoms. The number of nitrogens with zero attached hydrogens (tertiary/aromatic N) is 2. The highest BCUT2D eigenvalue weighted by atomic mass is 16.5. The lowest BCUT2D eigenvalue weighted by molar-refractivity contribution is -0.122. The summed E-state index contributed by atoms with van der Waals surface area (Å²) in [5, 5.41) is 3.02. The second-order valence-electron chi connectivity index (χ2n) is 6.49. The van der Waals surface area contributed by atoms with Crippen LogP contribution in [0, 0.1) is 0 Å². The SMILES string of the molecule is COCc1ccccc1CNC(=O)CN1C[C@H](OC)CC1c1ncc[nH]1. The number of imidazole rings is 1. The van der Waals surface area contributed by atoms with Crippen LogP contribution in [0.25, 0.3) is 0 Å². The summed E-state index contributed by atoms with van der Waals surface area (Å²) in [4.78, 5) is 22.1. The van der Waals surface area contributed by atoms with Crippen molar-refractivity contribution >= 4 is 5.91 Å². The third kappa shape index (κ3) is 4.49. The maximum absolute atomic E-state index is 12.5. The molecule has 0 radical (unpaired) electrons. The maximum atomic E-state index is 12.5. The average molecular weight is 358 g/mol. The van der Waals surface area contributed by atoms with Crippen LogP contribution in [0.3, 0.4) is 0 Å². The van der Waals surface area contributed by atoms with Crippen molar-refractivity contribution in [2.75, 3.05) is 27.3 Å². The van der Waals surface area contributed by atoms with E-state index in [9.17, 15) is 4.79 Å². The molecule has 2 aromatic rings. The Bertz CT molecular complexity index is 705. The maximum Gasteiger partial charge on any atom is 0.234 e. The molecule has 0 saturated carbocycles. The topological polar surface area (TPSA) is 79.5 Å². The number of benzene rings is 1. The molecule has 1 aliphatic heterocycles. The van der Waals surface area contributed by atoms with Gasteiger partial charge in [0.1, 0.15) is 5.82 Å². The molecule has 1 unspecified atom stereocenters. The van der Waals surface area contributed by atoms with Crippen LogP contribution in [-0.2, 0) is 27.4 Å². The summed E-state index contributed by atoms with van der Waals surface area (Å²) >= 11 is 0. The molecule has 1 aliphatic rings. The molecular formula is C19H26N4O3. The summed E-state index contributed by atoms with van der Waals surface area (Å²) in [5.41, 5.74) is 2.16. The van der Waals surface area contributed by atoms with E-state index in [1.807, 2.05) is 24.3 Å². The van der Waals surface area contributed by atoms with E-state index >= 15 is 0 Å². The number of carbonyl (C=O) groups is 1. The summed E-state index contributed by atoms with van der Waals surface area (Å²) in [6, 6.07) is 8.04. The molecule has 2 atom stereocenters. The standard InChI is InChI=1S/C19H26N4O3/c1-25-13-15-6-4-3-5-14(15)10-22-18(24)12-23-11-16(26-2)9-17(23)19-20-7-8-21-19/h3-8,16-17H,9-13H2,1-2H3,(H,20,21)(H,22,24)/t16-,17?/m1/s1. The molecule has 2 heterocycles. The summed E-state index contributed by atoms with van der Waals surface area (Å²) in [7, 11) is 3.38. The number of rotatable bonds is 8. The van der Waals surface area contributed by atoms with Crippen molar-refractivity contribution < 1.29 is 14.3 Å². The van der Waals surface area contributed by atoms with E-state index in [2.05, 4.69) is 20.2 Å². The van der Waals surface area contributed by atoms with E-state index in [0.29, 0.717) is 19.7 Å². The van der Waals surface area contributed by atoms with Gasteiger partial charge in [-0.1, -0.05) is 24.3 Å². The molecule has 2 N–H and O–H groups in total. The van der Waals surface area contributed by atoms with Gasteiger partial charge in [-0.2, -0.15) is 0 Å². The fourth-order valence-electron chi connectivity index (χ4n) is 3.41. The third-order valence-electron chi connectivity index (χ3n) is 4.77. The Morgan fingerprint density at radius 3 is 2.85 bits per heavy atom. The molecule has 0 aliphatic carbocycles. The molecule has 1 saturated heterocycles. The molecule has 0 bridgehead atoms. The van der Waals surface area contributed by atoms with Crippen molar-refractivity contribution in [3.05, 3.63) is 53.6 Å². The highest BCUT2D eigenvalue weighted by Crippen LogP contribution is 2.30. The molecular weight excluding hydrogens is 332 g/mol. The van der Waals surface area contributed by atoms with Gasteiger partial charge in [0.15, 0.2) is 0 Å². The van der Waals surface area contributed by atoms with E-state index in [0.717, 1.165) is 29.9 Å². The monoisotopic (exact) mass is 358 g/mol. The van der Waals surface area contributed by atoms with Gasteiger partial charge in [-0.15, -0.1) is 0 Å². The van der Waals surface area contributed by atoms with Gasteiger partial charge in [-0.25, -0.2) is 4.98 Å². The lowest BCUT2D eigenvalue weighted by Gasteiger charge is -2.22. The third-order valence-corrected chi connectivity index (χ3v) is 4.77. The zero-order valence-electron chi connectivity index (χ0n) is 15.3. The minimum absolute atomic E-state index is 0.00877. The van der Waals surface area contributed by atoms with Crippen LogP contribution in [0.2, 0.25) is 0 Å². The van der Waals surface area contributed by atoms with E-state index < -0.39 is 0 Å². The largest absolute Gasteiger partial charge is 0.380 e. The number of nitrogens with one attached hydrogen (secondary N) is 2. The van der Waals surface area contributed by atoms with Crippen molar-refractivity contribution in [1.82, 2.24) is 20.2 Å². The number of hydrogen-bond donors (Lipinski definition) is 2. The first-order chi connectivity index (χ1) is 12.7. The molecule has 3 rings (SSSR count). The number of amides is 1. The summed E-state index contributed by atoms with van der Waals surface area (Å²) in [6.45, 7) is 2.06. The van der Waals surface area contributed by atoms with Gasteiger partial charge in [-0.3, -0.25) is 9.69 Å². The van der Waals surface area contributed by atoms with Crippen LogP contribution >= 0.6 is 0 Å². The summed E-state index contributed by atoms with van der Waals surface area (Å²) < 4.78 is 10.7. The lowest BCUT2D eigenvalue weighted by atomic mass is 10.1. The number of hydrogen-bond acceptors (Lipinski definition) is 5. The Hall–Kier alpha value is -2.22. The Kier molecular flexibility index (Phi) is 6.38. The zero-order valence-corrected chi connectivity index (χ0v) is 15.3. The minimum atomic E-state index is -0.00877. The van der Waals surface area contributed by atoms with Crippen molar-refractivity contribution in [2.24, 2.45) is 0 Å². The number of carbonyl (C=O) groups excluding carboxylic acids is 1. The second-order valence-corrected chi connectivity index (χ2v) is 6.49. The van der Waals surface area contributed by atoms with Crippen molar-refractivity contribution in [2.45, 2.75) is 31.7 Å². The minimum Gasteiger partial charge on any atom is -0.380 e. The first-order valence-corrected chi connectivity index (χ1v) is 8.79. The molecule has 7 nitrogen and oxygen atoms in total. The van der Waals surface area contributed by atoms with Gasteiger partial charge in [0.05, 0.1) is 25.3 Å². The van der Waals surface area contributed by atoms with Crippen molar-refractivity contribution in [3.63, 3.8) is 0 Å². The van der Waals surface area contributed by atoms with Gasteiger partial charge in [-0.05, 0) is 17.5 Å². The molecule has 1 aromatic heterocycles. The normalized spacial score (nSPS) is 20.4. The lowest BCUT2D eigenvalue weighted by Crippen LogP contribution is -2.37. The number of methoxy groups -OCH3 is 2. The van der Waals surface area contributed by atoms with Gasteiger partial charge < -0.3 is 19.8 Å². The second kappa shape index (κ2) is 8.93. The number of aromatic nitrogens is 2. The summed E-state index contributed by atoms with van der Waals surface area (Å²) in [5.74, 6) is 0.869. The smallest absolute Gasteiger partial charge is 0.234 e. The Morgan fingerprint density at radius 2 is 2.15 bits per heavy atom. The van der Waals surface area contributed by atoms with E-state index in [4.69, 9.17) is 9.47 Å².